The summed E-state index contributed by atoms with van der Waals surface area (Å²) in [5.74, 6) is -3.19. The van der Waals surface area contributed by atoms with Crippen LogP contribution in [-0.2, 0) is 16.0 Å². The topological polar surface area (TPSA) is 217 Å². The maximum Gasteiger partial charge on any atom is 0.343 e. The van der Waals surface area contributed by atoms with Gasteiger partial charge in [0, 0.05) is 11.8 Å². The number of amides is 1. The first-order valence-electron chi connectivity index (χ1n) is 12.4. The average molecular weight is 572 g/mol. The van der Waals surface area contributed by atoms with E-state index in [-0.39, 0.29) is 29.4 Å². The van der Waals surface area contributed by atoms with Crippen molar-refractivity contribution < 1.29 is 38.9 Å². The number of aromatic nitrogens is 1. The maximum absolute atomic E-state index is 12.8. The minimum atomic E-state index is -1.25. The molecule has 4 aromatic rings. The lowest BCUT2D eigenvalue weighted by atomic mass is 10.1. The average Bonchev–Trinajstić information content (AvgIpc) is 2.96. The number of carboxylic acid groups (broad SMARTS) is 2. The lowest BCUT2D eigenvalue weighted by molar-refractivity contribution is -0.140. The SMILES string of the molecule is NC(N)=Nc1ccc(C(=O)Oc2ccc3nc(C(=O)N[C@H](Cc4ccc(OCC(=O)O)cc4)C(=O)O)ccc3c2)cc1. The molecule has 42 heavy (non-hydrogen) atoms. The Bertz CT molecular complexity index is 1670. The fraction of sp³-hybridized carbons (Fsp3) is 0.103. The van der Waals surface area contributed by atoms with Gasteiger partial charge >= 0.3 is 17.9 Å². The van der Waals surface area contributed by atoms with Crippen LogP contribution >= 0.6 is 0 Å². The first kappa shape index (κ1) is 29.0. The van der Waals surface area contributed by atoms with Crippen molar-refractivity contribution in [3.8, 4) is 11.5 Å². The normalized spacial score (nSPS) is 11.2. The third-order valence-corrected chi connectivity index (χ3v) is 5.79. The molecule has 1 amide bonds. The second-order valence-electron chi connectivity index (χ2n) is 8.92. The molecule has 214 valence electrons. The summed E-state index contributed by atoms with van der Waals surface area (Å²) in [6.45, 7) is -0.504. The third-order valence-electron chi connectivity index (χ3n) is 5.79. The minimum absolute atomic E-state index is 0.00298. The van der Waals surface area contributed by atoms with E-state index in [1.165, 1.54) is 36.4 Å². The van der Waals surface area contributed by atoms with E-state index in [0.717, 1.165) is 0 Å². The van der Waals surface area contributed by atoms with Crippen molar-refractivity contribution in [1.82, 2.24) is 10.3 Å². The van der Waals surface area contributed by atoms with Gasteiger partial charge in [-0.1, -0.05) is 18.2 Å². The molecule has 0 radical (unpaired) electrons. The predicted molar refractivity (Wildman–Crippen MR) is 151 cm³/mol. The summed E-state index contributed by atoms with van der Waals surface area (Å²) < 4.78 is 10.5. The molecule has 1 heterocycles. The highest BCUT2D eigenvalue weighted by atomic mass is 16.5. The highest BCUT2D eigenvalue weighted by molar-refractivity contribution is 5.97. The number of aliphatic imine (C=N–C) groups is 1. The van der Waals surface area contributed by atoms with Crippen molar-refractivity contribution >= 4 is 46.4 Å². The van der Waals surface area contributed by atoms with Crippen LogP contribution in [0.2, 0.25) is 0 Å². The van der Waals surface area contributed by atoms with E-state index in [9.17, 15) is 24.3 Å². The number of pyridine rings is 1. The van der Waals surface area contributed by atoms with E-state index >= 15 is 0 Å². The number of carboxylic acids is 2. The number of benzene rings is 3. The Morgan fingerprint density at radius 3 is 2.21 bits per heavy atom. The molecule has 13 nitrogen and oxygen atoms in total. The molecule has 0 saturated heterocycles. The zero-order valence-electron chi connectivity index (χ0n) is 21.9. The lowest BCUT2D eigenvalue weighted by Gasteiger charge is -2.15. The summed E-state index contributed by atoms with van der Waals surface area (Å²) >= 11 is 0. The number of rotatable bonds is 11. The number of nitrogens with one attached hydrogen (secondary N) is 1. The first-order chi connectivity index (χ1) is 20.1. The number of nitrogens with two attached hydrogens (primary N) is 2. The van der Waals surface area contributed by atoms with Crippen LogP contribution in [0, 0.1) is 0 Å². The van der Waals surface area contributed by atoms with Gasteiger partial charge in [-0.05, 0) is 66.2 Å². The van der Waals surface area contributed by atoms with Gasteiger partial charge in [0.25, 0.3) is 5.91 Å². The van der Waals surface area contributed by atoms with Gasteiger partial charge in [-0.25, -0.2) is 24.4 Å². The molecule has 0 fully saturated rings. The predicted octanol–water partition coefficient (Wildman–Crippen LogP) is 2.25. The van der Waals surface area contributed by atoms with Gasteiger partial charge in [0.1, 0.15) is 23.2 Å². The largest absolute Gasteiger partial charge is 0.482 e. The molecular weight excluding hydrogens is 546 g/mol. The van der Waals surface area contributed by atoms with E-state index in [2.05, 4.69) is 15.3 Å². The highest BCUT2D eigenvalue weighted by Crippen LogP contribution is 2.22. The number of ether oxygens (including phenoxy) is 2. The summed E-state index contributed by atoms with van der Waals surface area (Å²) in [5.41, 5.74) is 12.5. The van der Waals surface area contributed by atoms with Crippen LogP contribution in [-0.4, -0.2) is 57.6 Å². The van der Waals surface area contributed by atoms with Crippen molar-refractivity contribution in [2.75, 3.05) is 6.61 Å². The van der Waals surface area contributed by atoms with E-state index in [0.29, 0.717) is 27.9 Å². The van der Waals surface area contributed by atoms with Crippen molar-refractivity contribution in [2.45, 2.75) is 12.5 Å². The summed E-state index contributed by atoms with van der Waals surface area (Å²) in [6, 6.07) is 18.8. The lowest BCUT2D eigenvalue weighted by Crippen LogP contribution is -2.42. The molecule has 0 bridgehead atoms. The van der Waals surface area contributed by atoms with Gasteiger partial charge in [-0.3, -0.25) is 4.79 Å². The van der Waals surface area contributed by atoms with E-state index in [1.807, 2.05) is 0 Å². The van der Waals surface area contributed by atoms with Crippen molar-refractivity contribution in [2.24, 2.45) is 16.5 Å². The van der Waals surface area contributed by atoms with Crippen molar-refractivity contribution in [3.63, 3.8) is 0 Å². The van der Waals surface area contributed by atoms with Crippen LogP contribution < -0.4 is 26.3 Å². The Morgan fingerprint density at radius 2 is 1.57 bits per heavy atom. The van der Waals surface area contributed by atoms with Gasteiger partial charge in [0.2, 0.25) is 0 Å². The Balaban J connectivity index is 1.40. The molecule has 1 atom stereocenters. The van der Waals surface area contributed by atoms with Gasteiger partial charge < -0.3 is 36.5 Å². The van der Waals surface area contributed by atoms with Crippen LogP contribution in [0.15, 0.2) is 83.9 Å². The summed E-state index contributed by atoms with van der Waals surface area (Å²) in [4.78, 5) is 56.0. The fourth-order valence-electron chi connectivity index (χ4n) is 3.82. The first-order valence-corrected chi connectivity index (χ1v) is 12.4. The van der Waals surface area contributed by atoms with Crippen LogP contribution in [0.1, 0.15) is 26.4 Å². The van der Waals surface area contributed by atoms with Gasteiger partial charge in [0.05, 0.1) is 16.8 Å². The Morgan fingerprint density at radius 1 is 0.881 bits per heavy atom. The van der Waals surface area contributed by atoms with E-state index in [4.69, 9.17) is 26.0 Å². The number of aliphatic carboxylic acids is 2. The number of carbonyl (C=O) groups excluding carboxylic acids is 2. The minimum Gasteiger partial charge on any atom is -0.482 e. The number of nitrogens with zero attached hydrogens (tertiary/aromatic N) is 2. The quantitative estimate of drug-likeness (QED) is 0.0761. The van der Waals surface area contributed by atoms with Crippen LogP contribution in [0.4, 0.5) is 5.69 Å². The Labute approximate surface area is 238 Å². The van der Waals surface area contributed by atoms with Gasteiger partial charge in [0.15, 0.2) is 12.6 Å². The van der Waals surface area contributed by atoms with Gasteiger partial charge in [-0.2, -0.15) is 0 Å². The van der Waals surface area contributed by atoms with Crippen LogP contribution in [0.25, 0.3) is 10.9 Å². The molecule has 0 aliphatic rings. The highest BCUT2D eigenvalue weighted by Gasteiger charge is 2.22. The molecule has 7 N–H and O–H groups in total. The molecular formula is C29H25N5O8. The number of hydrogen-bond donors (Lipinski definition) is 5. The second-order valence-corrected chi connectivity index (χ2v) is 8.92. The Kier molecular flexibility index (Phi) is 8.92. The fourth-order valence-corrected chi connectivity index (χ4v) is 3.82. The molecule has 0 unspecified atom stereocenters. The molecule has 0 spiro atoms. The summed E-state index contributed by atoms with van der Waals surface area (Å²) in [7, 11) is 0. The molecule has 3 aromatic carbocycles. The van der Waals surface area contributed by atoms with E-state index in [1.54, 1.807) is 42.5 Å². The number of fused-ring (bicyclic) bond motifs is 1. The van der Waals surface area contributed by atoms with Crippen molar-refractivity contribution in [3.05, 3.63) is 95.7 Å². The monoisotopic (exact) mass is 571 g/mol. The molecule has 4 rings (SSSR count). The zero-order valence-corrected chi connectivity index (χ0v) is 21.9. The molecule has 0 aliphatic heterocycles. The van der Waals surface area contributed by atoms with Crippen molar-refractivity contribution in [1.29, 1.82) is 0 Å². The Hall–Kier alpha value is -5.98. The zero-order chi connectivity index (χ0) is 30.2. The number of esters is 1. The third kappa shape index (κ3) is 7.79. The second kappa shape index (κ2) is 12.9. The van der Waals surface area contributed by atoms with E-state index < -0.39 is 36.5 Å². The molecule has 0 aliphatic carbocycles. The maximum atomic E-state index is 12.8. The molecule has 0 saturated carbocycles. The standard InChI is InChI=1S/C29H25N5O8/c30-29(31)32-19-6-3-17(4-7-19)28(40)42-21-10-12-22-18(14-21)5-11-23(33-22)26(37)34-24(27(38)39)13-16-1-8-20(9-2-16)41-15-25(35)36/h1-12,14,24H,13,15H2,(H,34,37)(H,35,36)(H,38,39)(H4,30,31,32)/t24-/m1/s1. The number of hydrogen-bond acceptors (Lipinski definition) is 8. The smallest absolute Gasteiger partial charge is 0.343 e. The summed E-state index contributed by atoms with van der Waals surface area (Å²) in [6.07, 6.45) is -0.0282. The molecule has 13 heteroatoms. The molecule has 1 aromatic heterocycles. The van der Waals surface area contributed by atoms with Gasteiger partial charge in [-0.15, -0.1) is 0 Å². The van der Waals surface area contributed by atoms with Crippen LogP contribution in [0.5, 0.6) is 11.5 Å². The number of carbonyl (C=O) groups is 4. The van der Waals surface area contributed by atoms with Crippen LogP contribution in [0.3, 0.4) is 0 Å². The number of guanidine groups is 1. The summed E-state index contributed by atoms with van der Waals surface area (Å²) in [5, 5.41) is 21.4.